The number of ether oxygens (including phenoxy) is 4. The maximum atomic E-state index is 13.6. The van der Waals surface area contributed by atoms with Crippen LogP contribution in [-0.2, 0) is 16.1 Å². The normalized spacial score (nSPS) is 20.8. The summed E-state index contributed by atoms with van der Waals surface area (Å²) >= 11 is 0. The number of anilines is 1. The number of nitrogens with zero attached hydrogens (tertiary/aromatic N) is 2. The largest absolute Gasteiger partial charge is 0.493 e. The lowest BCUT2D eigenvalue weighted by atomic mass is 9.99. The second kappa shape index (κ2) is 13.3. The van der Waals surface area contributed by atoms with E-state index in [1.807, 2.05) is 48.5 Å². The van der Waals surface area contributed by atoms with Crippen LogP contribution < -0.4 is 29.7 Å². The highest BCUT2D eigenvalue weighted by atomic mass is 16.5. The quantitative estimate of drug-likeness (QED) is 0.471. The van der Waals surface area contributed by atoms with Crippen molar-refractivity contribution in [2.45, 2.75) is 25.1 Å². The van der Waals surface area contributed by atoms with Crippen LogP contribution in [0.4, 0.5) is 5.69 Å². The zero-order chi connectivity index (χ0) is 30.5. The summed E-state index contributed by atoms with van der Waals surface area (Å²) in [5.74, 6) is 0.552. The van der Waals surface area contributed by atoms with Gasteiger partial charge in [-0.1, -0.05) is 12.1 Å². The number of carbonyl (C=O) groups excluding carboxylic acids is 3. The molecular weight excluding hydrogens is 564 g/mol. The Morgan fingerprint density at radius 2 is 1.73 bits per heavy atom. The molecule has 7 rings (SSSR count). The Morgan fingerprint density at radius 1 is 0.955 bits per heavy atom. The summed E-state index contributed by atoms with van der Waals surface area (Å²) in [6, 6.07) is 19.4. The van der Waals surface area contributed by atoms with E-state index in [2.05, 4.69) is 15.5 Å². The van der Waals surface area contributed by atoms with Gasteiger partial charge in [0.05, 0.1) is 26.4 Å². The molecule has 3 aromatic rings. The van der Waals surface area contributed by atoms with Crippen LogP contribution in [0, 0.1) is 0 Å². The first-order chi connectivity index (χ1) is 21.5. The van der Waals surface area contributed by atoms with Crippen molar-refractivity contribution in [3.05, 3.63) is 83.4 Å². The van der Waals surface area contributed by atoms with E-state index in [1.165, 1.54) is 7.11 Å². The molecule has 44 heavy (non-hydrogen) atoms. The third-order valence-corrected chi connectivity index (χ3v) is 8.13. The maximum absolute atomic E-state index is 13.6. The number of hydrogen-bond acceptors (Lipinski definition) is 8. The number of nitrogens with one attached hydrogen (secondary N) is 2. The van der Waals surface area contributed by atoms with E-state index in [4.69, 9.17) is 18.9 Å². The van der Waals surface area contributed by atoms with Crippen LogP contribution in [0.2, 0.25) is 0 Å². The van der Waals surface area contributed by atoms with Crippen molar-refractivity contribution in [1.29, 1.82) is 0 Å². The van der Waals surface area contributed by atoms with Gasteiger partial charge in [0.15, 0.2) is 18.1 Å². The highest BCUT2D eigenvalue weighted by molar-refractivity contribution is 5.96. The molecule has 2 saturated heterocycles. The highest BCUT2D eigenvalue weighted by Gasteiger charge is 2.35. The molecule has 4 aliphatic heterocycles. The molecule has 4 bridgehead atoms. The molecule has 0 aromatic heterocycles. The third kappa shape index (κ3) is 6.73. The lowest BCUT2D eigenvalue weighted by Crippen LogP contribution is -2.58. The molecule has 0 aliphatic carbocycles. The van der Waals surface area contributed by atoms with Gasteiger partial charge in [0, 0.05) is 56.0 Å². The van der Waals surface area contributed by atoms with Crippen LogP contribution in [0.3, 0.4) is 0 Å². The van der Waals surface area contributed by atoms with Crippen LogP contribution in [0.5, 0.6) is 17.2 Å². The van der Waals surface area contributed by atoms with Crippen molar-refractivity contribution in [2.75, 3.05) is 58.0 Å². The number of benzene rings is 3. The first-order valence-electron chi connectivity index (χ1n) is 14.8. The van der Waals surface area contributed by atoms with E-state index in [-0.39, 0.29) is 42.7 Å². The first kappa shape index (κ1) is 29.3. The van der Waals surface area contributed by atoms with Crippen LogP contribution >= 0.6 is 0 Å². The molecule has 3 amide bonds. The van der Waals surface area contributed by atoms with Crippen LogP contribution in [0.25, 0.3) is 0 Å². The number of morpholine rings is 1. The van der Waals surface area contributed by atoms with E-state index in [1.54, 1.807) is 23.1 Å². The molecule has 2 N–H and O–H groups in total. The second-order valence-corrected chi connectivity index (χ2v) is 11.0. The van der Waals surface area contributed by atoms with Crippen molar-refractivity contribution >= 4 is 23.4 Å². The number of hydrogen-bond donors (Lipinski definition) is 2. The van der Waals surface area contributed by atoms with Gasteiger partial charge in [-0.2, -0.15) is 0 Å². The predicted octanol–water partition coefficient (Wildman–Crippen LogP) is 2.63. The molecule has 3 aromatic carbocycles. The molecule has 2 atom stereocenters. The Balaban J connectivity index is 1.23. The molecule has 0 saturated carbocycles. The fourth-order valence-electron chi connectivity index (χ4n) is 5.65. The van der Waals surface area contributed by atoms with Gasteiger partial charge in [0.25, 0.3) is 17.7 Å². The smallest absolute Gasteiger partial charge is 0.258 e. The number of likely N-dealkylation sites (tertiary alicyclic amines) is 1. The minimum Gasteiger partial charge on any atom is -0.493 e. The van der Waals surface area contributed by atoms with Gasteiger partial charge in [0.2, 0.25) is 0 Å². The van der Waals surface area contributed by atoms with Crippen molar-refractivity contribution < 1.29 is 33.3 Å². The number of amides is 3. The van der Waals surface area contributed by atoms with E-state index < -0.39 is 6.04 Å². The number of piperidine rings is 1. The lowest BCUT2D eigenvalue weighted by Gasteiger charge is -2.39. The molecule has 11 nitrogen and oxygen atoms in total. The van der Waals surface area contributed by atoms with Gasteiger partial charge in [0.1, 0.15) is 11.9 Å². The topological polar surface area (TPSA) is 119 Å². The van der Waals surface area contributed by atoms with Gasteiger partial charge >= 0.3 is 0 Å². The van der Waals surface area contributed by atoms with Gasteiger partial charge in [-0.25, -0.2) is 0 Å². The number of carbonyl (C=O) groups is 3. The maximum Gasteiger partial charge on any atom is 0.258 e. The first-order valence-corrected chi connectivity index (χ1v) is 14.8. The fraction of sp³-hybridized carbons (Fsp3) is 0.364. The molecule has 4 aliphatic rings. The minimum absolute atomic E-state index is 0.101. The summed E-state index contributed by atoms with van der Waals surface area (Å²) in [7, 11) is 1.49. The Labute approximate surface area is 256 Å². The van der Waals surface area contributed by atoms with Gasteiger partial charge < -0.3 is 39.4 Å². The molecule has 0 spiro atoms. The van der Waals surface area contributed by atoms with Crippen molar-refractivity contribution in [2.24, 2.45) is 0 Å². The average Bonchev–Trinajstić information content (AvgIpc) is 3.07. The standard InChI is InChI=1S/C33H36N4O7/c1-41-29-11-6-24-18-30(29)43-21-31(38)34-19-22-2-9-26(10-3-22)44-28-12-13-37(20-27(28)35-32(24)39)33(40)23-4-7-25(8-5-23)36-14-16-42-17-15-36/h2-11,18,27-28H,12-17,19-21H2,1H3,(H,34,38)(H,35,39)/t27-,28+/m0/s1. The van der Waals surface area contributed by atoms with Crippen molar-refractivity contribution in [3.8, 4) is 17.2 Å². The predicted molar refractivity (Wildman–Crippen MR) is 162 cm³/mol. The highest BCUT2D eigenvalue weighted by Crippen LogP contribution is 2.29. The fourth-order valence-corrected chi connectivity index (χ4v) is 5.65. The van der Waals surface area contributed by atoms with Crippen molar-refractivity contribution in [1.82, 2.24) is 15.5 Å². The van der Waals surface area contributed by atoms with Gasteiger partial charge in [-0.15, -0.1) is 0 Å². The lowest BCUT2D eigenvalue weighted by molar-refractivity contribution is -0.123. The molecule has 2 fully saturated rings. The summed E-state index contributed by atoms with van der Waals surface area (Å²) in [4.78, 5) is 43.6. The average molecular weight is 601 g/mol. The number of fused-ring (bicyclic) bond motifs is 7. The summed E-state index contributed by atoms with van der Waals surface area (Å²) < 4.78 is 22.9. The molecule has 11 heteroatoms. The minimum atomic E-state index is -0.488. The third-order valence-electron chi connectivity index (χ3n) is 8.13. The number of methoxy groups -OCH3 is 1. The van der Waals surface area contributed by atoms with Crippen LogP contribution in [-0.4, -0.2) is 87.9 Å². The Hall–Kier alpha value is -4.77. The van der Waals surface area contributed by atoms with Gasteiger partial charge in [-0.05, 0) is 60.2 Å². The van der Waals surface area contributed by atoms with Gasteiger partial charge in [-0.3, -0.25) is 14.4 Å². The van der Waals surface area contributed by atoms with Crippen LogP contribution in [0.15, 0.2) is 66.7 Å². The summed E-state index contributed by atoms with van der Waals surface area (Å²) in [5.41, 5.74) is 2.88. The SMILES string of the molecule is COc1ccc2cc1OCC(=O)NCc1ccc(cc1)O[C@@H]1CCN(C(=O)c3ccc(N4CCOCC4)cc3)C[C@@H]1NC2=O. The molecular formula is C33H36N4O7. The van der Waals surface area contributed by atoms with Crippen molar-refractivity contribution in [3.63, 3.8) is 0 Å². The monoisotopic (exact) mass is 600 g/mol. The Morgan fingerprint density at radius 3 is 2.48 bits per heavy atom. The summed E-state index contributed by atoms with van der Waals surface area (Å²) in [5, 5.41) is 5.93. The van der Waals surface area contributed by atoms with E-state index in [0.717, 1.165) is 24.3 Å². The second-order valence-electron chi connectivity index (χ2n) is 11.0. The molecule has 230 valence electrons. The zero-order valence-electron chi connectivity index (χ0n) is 24.6. The molecule has 0 unspecified atom stereocenters. The van der Waals surface area contributed by atoms with E-state index in [0.29, 0.717) is 55.4 Å². The number of rotatable bonds is 3. The van der Waals surface area contributed by atoms with E-state index >= 15 is 0 Å². The Bertz CT molecular complexity index is 1490. The van der Waals surface area contributed by atoms with Crippen LogP contribution in [0.1, 0.15) is 32.7 Å². The summed E-state index contributed by atoms with van der Waals surface area (Å²) in [6.07, 6.45) is 0.152. The molecule has 0 radical (unpaired) electrons. The summed E-state index contributed by atoms with van der Waals surface area (Å²) in [6.45, 7) is 3.87. The molecule has 4 heterocycles. The van der Waals surface area contributed by atoms with E-state index in [9.17, 15) is 14.4 Å². The zero-order valence-corrected chi connectivity index (χ0v) is 24.6. The Kier molecular flexibility index (Phi) is 8.83.